The van der Waals surface area contributed by atoms with Crippen LogP contribution < -0.4 is 16.2 Å². The van der Waals surface area contributed by atoms with Crippen LogP contribution in [-0.2, 0) is 32.2 Å². The third-order valence-corrected chi connectivity index (χ3v) is 6.75. The Morgan fingerprint density at radius 2 is 1.76 bits per heavy atom. The van der Waals surface area contributed by atoms with Crippen LogP contribution in [0.5, 0.6) is 0 Å². The smallest absolute Gasteiger partial charge is 0.417 e. The average Bonchev–Trinajstić information content (AvgIpc) is 3.11. The van der Waals surface area contributed by atoms with E-state index in [1.54, 1.807) is 6.92 Å². The minimum atomic E-state index is -4.73. The lowest BCUT2D eigenvalue weighted by atomic mass is 9.66. The third-order valence-electron chi connectivity index (χ3n) is 6.43. The van der Waals surface area contributed by atoms with Gasteiger partial charge >= 0.3 is 18.3 Å². The first-order chi connectivity index (χ1) is 17.0. The number of benzene rings is 2. The molecule has 2 unspecified atom stereocenters. The maximum Gasteiger partial charge on any atom is 0.417 e. The van der Waals surface area contributed by atoms with E-state index in [4.69, 9.17) is 16.3 Å². The molecule has 0 aliphatic carbocycles. The molecule has 1 amide bonds. The number of anilines is 1. The van der Waals surface area contributed by atoms with Gasteiger partial charge in [0.25, 0.3) is 0 Å². The Hall–Kier alpha value is -2.83. The molecular formula is C24H24ClF6N3O3. The predicted octanol–water partition coefficient (Wildman–Crippen LogP) is 5.59. The lowest BCUT2D eigenvalue weighted by Crippen LogP contribution is -2.55. The van der Waals surface area contributed by atoms with Crippen molar-refractivity contribution in [3.63, 3.8) is 0 Å². The molecule has 202 valence electrons. The average molecular weight is 552 g/mol. The molecule has 1 aliphatic heterocycles. The van der Waals surface area contributed by atoms with Crippen molar-refractivity contribution in [1.82, 2.24) is 10.9 Å². The first-order valence-electron chi connectivity index (χ1n) is 11.1. The second kappa shape index (κ2) is 10.1. The van der Waals surface area contributed by atoms with E-state index in [1.807, 2.05) is 0 Å². The highest BCUT2D eigenvalue weighted by Gasteiger charge is 2.60. The normalized spacial score (nSPS) is 22.1. The highest BCUT2D eigenvalue weighted by molar-refractivity contribution is 6.31. The summed E-state index contributed by atoms with van der Waals surface area (Å²) in [6.45, 7) is 4.41. The van der Waals surface area contributed by atoms with Gasteiger partial charge in [0.1, 0.15) is 5.41 Å². The second-order valence-electron chi connectivity index (χ2n) is 8.88. The molecule has 2 aromatic carbocycles. The number of hydrazine groups is 1. The number of carbonyl (C=O) groups excluding carboxylic acids is 2. The maximum atomic E-state index is 13.3. The monoisotopic (exact) mass is 551 g/mol. The van der Waals surface area contributed by atoms with Crippen molar-refractivity contribution >= 4 is 29.2 Å². The lowest BCUT2D eigenvalue weighted by molar-refractivity contribution is -0.158. The molecule has 37 heavy (non-hydrogen) atoms. The van der Waals surface area contributed by atoms with Crippen molar-refractivity contribution < 1.29 is 40.7 Å². The van der Waals surface area contributed by atoms with Gasteiger partial charge in [0, 0.05) is 12.2 Å². The highest BCUT2D eigenvalue weighted by Crippen LogP contribution is 2.48. The first-order valence-corrected chi connectivity index (χ1v) is 11.4. The minimum absolute atomic E-state index is 0.00914. The molecule has 13 heteroatoms. The topological polar surface area (TPSA) is 79.5 Å². The maximum absolute atomic E-state index is 13.3. The second-order valence-corrected chi connectivity index (χ2v) is 9.29. The summed E-state index contributed by atoms with van der Waals surface area (Å²) in [4.78, 5) is 26.2. The van der Waals surface area contributed by atoms with Crippen LogP contribution in [0.15, 0.2) is 36.4 Å². The molecule has 3 N–H and O–H groups in total. The molecule has 2 atom stereocenters. The zero-order valence-electron chi connectivity index (χ0n) is 20.0. The van der Waals surface area contributed by atoms with Gasteiger partial charge in [-0.1, -0.05) is 17.7 Å². The Labute approximate surface area is 213 Å². The summed E-state index contributed by atoms with van der Waals surface area (Å²) in [7, 11) is 0. The van der Waals surface area contributed by atoms with Gasteiger partial charge in [-0.05, 0) is 62.2 Å². The summed E-state index contributed by atoms with van der Waals surface area (Å²) < 4.78 is 84.1. The van der Waals surface area contributed by atoms with E-state index in [1.165, 1.54) is 13.8 Å². The largest absolute Gasteiger partial charge is 0.465 e. The summed E-state index contributed by atoms with van der Waals surface area (Å²) >= 11 is 5.95. The molecular weight excluding hydrogens is 528 g/mol. The SMILES string of the molecule is CCOC(=O)C1(C)CNNC1(CC(=O)Nc1ccc(C(F)(F)F)cc1C)c1ccc(C(F)(F)F)c(Cl)c1. The van der Waals surface area contributed by atoms with Gasteiger partial charge in [-0.2, -0.15) is 26.3 Å². The Kier molecular flexibility index (Phi) is 7.88. The van der Waals surface area contributed by atoms with E-state index in [-0.39, 0.29) is 30.0 Å². The van der Waals surface area contributed by atoms with Crippen molar-refractivity contribution in [2.45, 2.75) is 45.1 Å². The minimum Gasteiger partial charge on any atom is -0.465 e. The summed E-state index contributed by atoms with van der Waals surface area (Å²) in [5.41, 5.74) is 0.888. The van der Waals surface area contributed by atoms with Gasteiger partial charge in [-0.15, -0.1) is 0 Å². The van der Waals surface area contributed by atoms with Crippen LogP contribution in [0.1, 0.15) is 42.5 Å². The van der Waals surface area contributed by atoms with Crippen molar-refractivity contribution in [3.8, 4) is 0 Å². The van der Waals surface area contributed by atoms with Crippen LogP contribution in [0.25, 0.3) is 0 Å². The molecule has 0 aromatic heterocycles. The molecule has 0 spiro atoms. The first kappa shape index (κ1) is 28.7. The summed E-state index contributed by atoms with van der Waals surface area (Å²) in [5.74, 6) is -1.44. The molecule has 1 heterocycles. The fourth-order valence-corrected chi connectivity index (χ4v) is 4.64. The van der Waals surface area contributed by atoms with Crippen LogP contribution in [-0.4, -0.2) is 25.0 Å². The highest BCUT2D eigenvalue weighted by atomic mass is 35.5. The molecule has 0 radical (unpaired) electrons. The van der Waals surface area contributed by atoms with Crippen LogP contribution in [0, 0.1) is 12.3 Å². The fourth-order valence-electron chi connectivity index (χ4n) is 4.36. The Bertz CT molecular complexity index is 1200. The van der Waals surface area contributed by atoms with Crippen LogP contribution in [0.4, 0.5) is 32.0 Å². The molecule has 1 fully saturated rings. The number of nitrogens with one attached hydrogen (secondary N) is 3. The number of hydrogen-bond acceptors (Lipinski definition) is 5. The number of esters is 1. The Morgan fingerprint density at radius 3 is 2.30 bits per heavy atom. The zero-order chi connectivity index (χ0) is 27.8. The van der Waals surface area contributed by atoms with Gasteiger partial charge in [0.15, 0.2) is 0 Å². The van der Waals surface area contributed by atoms with Gasteiger partial charge < -0.3 is 10.1 Å². The van der Waals surface area contributed by atoms with E-state index < -0.39 is 57.8 Å². The summed E-state index contributed by atoms with van der Waals surface area (Å²) in [6.07, 6.45) is -9.80. The van der Waals surface area contributed by atoms with Gasteiger partial charge in [0.05, 0.1) is 34.7 Å². The Balaban J connectivity index is 2.04. The molecule has 0 saturated carbocycles. The van der Waals surface area contributed by atoms with Gasteiger partial charge in [0.2, 0.25) is 5.91 Å². The number of hydrogen-bond donors (Lipinski definition) is 3. The van der Waals surface area contributed by atoms with Crippen molar-refractivity contribution in [3.05, 3.63) is 63.7 Å². The zero-order valence-corrected chi connectivity index (χ0v) is 20.7. The number of rotatable bonds is 6. The number of aryl methyl sites for hydroxylation is 1. The quantitative estimate of drug-likeness (QED) is 0.322. The molecule has 1 saturated heterocycles. The number of halogens is 7. The predicted molar refractivity (Wildman–Crippen MR) is 123 cm³/mol. The lowest BCUT2D eigenvalue weighted by Gasteiger charge is -2.41. The van der Waals surface area contributed by atoms with Crippen molar-refractivity contribution in [2.75, 3.05) is 18.5 Å². The molecule has 6 nitrogen and oxygen atoms in total. The fraction of sp³-hybridized carbons (Fsp3) is 0.417. The van der Waals surface area contributed by atoms with Crippen molar-refractivity contribution in [1.29, 1.82) is 0 Å². The van der Waals surface area contributed by atoms with E-state index >= 15 is 0 Å². The molecule has 3 rings (SSSR count). The van der Waals surface area contributed by atoms with Crippen molar-refractivity contribution in [2.24, 2.45) is 5.41 Å². The van der Waals surface area contributed by atoms with Crippen LogP contribution in [0.2, 0.25) is 5.02 Å². The summed E-state index contributed by atoms with van der Waals surface area (Å²) in [5, 5.41) is 1.89. The van der Waals surface area contributed by atoms with Gasteiger partial charge in [-0.25, -0.2) is 5.43 Å². The number of alkyl halides is 6. The summed E-state index contributed by atoms with van der Waals surface area (Å²) in [6, 6.07) is 5.68. The molecule has 0 bridgehead atoms. The molecule has 2 aromatic rings. The Morgan fingerprint density at radius 1 is 1.08 bits per heavy atom. The van der Waals surface area contributed by atoms with Crippen LogP contribution in [0.3, 0.4) is 0 Å². The number of carbonyl (C=O) groups is 2. The number of ether oxygens (including phenoxy) is 1. The van der Waals surface area contributed by atoms with Crippen LogP contribution >= 0.6 is 11.6 Å². The standard InChI is InChI=1S/C24H24ClF6N3O3/c1-4-37-20(36)21(3)12-32-34-22(21,14-5-7-16(17(25)10-14)24(29,30)31)11-19(35)33-18-8-6-15(9-13(18)2)23(26,27)28/h5-10,32,34H,4,11-12H2,1-3H3,(H,33,35). The van der Waals surface area contributed by atoms with Gasteiger partial charge in [-0.3, -0.25) is 15.0 Å². The van der Waals surface area contributed by atoms with E-state index in [9.17, 15) is 35.9 Å². The number of amides is 1. The van der Waals surface area contributed by atoms with E-state index in [0.717, 1.165) is 36.4 Å². The third kappa shape index (κ3) is 5.55. The van der Waals surface area contributed by atoms with E-state index in [0.29, 0.717) is 0 Å². The molecule has 1 aliphatic rings. The van der Waals surface area contributed by atoms with E-state index in [2.05, 4.69) is 16.2 Å².